The van der Waals surface area contributed by atoms with Gasteiger partial charge in [0.15, 0.2) is 0 Å². The normalized spacial score (nSPS) is 18.8. The third-order valence-electron chi connectivity index (χ3n) is 11.0. The van der Waals surface area contributed by atoms with Crippen molar-refractivity contribution in [2.45, 2.75) is 76.5 Å². The van der Waals surface area contributed by atoms with Crippen molar-refractivity contribution in [1.29, 1.82) is 0 Å². The first-order chi connectivity index (χ1) is 30.3. The highest BCUT2D eigenvalue weighted by Gasteiger charge is 2.38. The number of halogens is 4. The minimum Gasteiger partial charge on any atom is -0.490 e. The molecule has 1 fully saturated rings. The SMILES string of the molecule is CCc1cc(-c2ccc(CN3CCN(C[C@@H](O)C[C@@H](Cc4ccccc4)C(=O)N[C@H]4c5ccccc5OC[C@H]4O)[C@H](C(=O)NCC(F)(F)F)C3)o2)ccn1.CCc1cc(Br)ccn1. The molecule has 0 spiro atoms. The lowest BCUT2D eigenvalue weighted by molar-refractivity contribution is -0.143. The Kier molecular flexibility index (Phi) is 16.9. The number of ether oxygens (including phenoxy) is 1. The van der Waals surface area contributed by atoms with Crippen LogP contribution in [0.3, 0.4) is 0 Å². The monoisotopic (exact) mass is 934 g/mol. The van der Waals surface area contributed by atoms with Crippen LogP contribution in [0, 0.1) is 5.92 Å². The zero-order valence-electron chi connectivity index (χ0n) is 35.3. The molecule has 4 N–H and O–H groups in total. The van der Waals surface area contributed by atoms with E-state index < -0.39 is 48.8 Å². The highest BCUT2D eigenvalue weighted by atomic mass is 79.9. The van der Waals surface area contributed by atoms with E-state index in [1.54, 1.807) is 35.4 Å². The van der Waals surface area contributed by atoms with Gasteiger partial charge in [-0.25, -0.2) is 0 Å². The number of hydrogen-bond acceptors (Lipinski definition) is 10. The first-order valence-electron chi connectivity index (χ1n) is 21.2. The summed E-state index contributed by atoms with van der Waals surface area (Å²) in [5.74, 6) is -0.0564. The third kappa shape index (κ3) is 13.9. The summed E-state index contributed by atoms with van der Waals surface area (Å²) in [5, 5.41) is 27.3. The average molecular weight is 936 g/mol. The van der Waals surface area contributed by atoms with Gasteiger partial charge in [-0.1, -0.05) is 78.3 Å². The summed E-state index contributed by atoms with van der Waals surface area (Å²) < 4.78 is 52.3. The molecule has 63 heavy (non-hydrogen) atoms. The number of amides is 2. The van der Waals surface area contributed by atoms with Crippen LogP contribution in [0.2, 0.25) is 0 Å². The van der Waals surface area contributed by atoms with Crippen LogP contribution < -0.4 is 15.4 Å². The molecule has 5 heterocycles. The molecule has 7 rings (SSSR count). The highest BCUT2D eigenvalue weighted by molar-refractivity contribution is 9.10. The van der Waals surface area contributed by atoms with E-state index in [0.717, 1.165) is 39.8 Å². The maximum atomic E-state index is 13.9. The smallest absolute Gasteiger partial charge is 0.405 e. The fraction of sp³-hybridized carbons (Fsp3) is 0.404. The fourth-order valence-electron chi connectivity index (χ4n) is 7.75. The van der Waals surface area contributed by atoms with Crippen molar-refractivity contribution >= 4 is 27.7 Å². The summed E-state index contributed by atoms with van der Waals surface area (Å²) in [4.78, 5) is 39.3. The van der Waals surface area contributed by atoms with E-state index in [9.17, 15) is 33.0 Å². The second-order valence-electron chi connectivity index (χ2n) is 15.7. The Balaban J connectivity index is 0.000000653. The van der Waals surface area contributed by atoms with Gasteiger partial charge in [0.2, 0.25) is 11.8 Å². The zero-order chi connectivity index (χ0) is 44.9. The van der Waals surface area contributed by atoms with Crippen molar-refractivity contribution in [3.05, 3.63) is 136 Å². The highest BCUT2D eigenvalue weighted by Crippen LogP contribution is 2.33. The number of aromatic nitrogens is 2. The van der Waals surface area contributed by atoms with Crippen LogP contribution in [0.25, 0.3) is 11.3 Å². The molecule has 0 radical (unpaired) electrons. The van der Waals surface area contributed by atoms with Gasteiger partial charge in [0.05, 0.1) is 18.7 Å². The van der Waals surface area contributed by atoms with Crippen molar-refractivity contribution in [2.24, 2.45) is 5.92 Å². The van der Waals surface area contributed by atoms with Gasteiger partial charge in [0.25, 0.3) is 0 Å². The first-order valence-corrected chi connectivity index (χ1v) is 21.9. The van der Waals surface area contributed by atoms with Gasteiger partial charge in [0, 0.05) is 71.5 Å². The van der Waals surface area contributed by atoms with Crippen LogP contribution in [0.1, 0.15) is 54.6 Å². The molecule has 5 atom stereocenters. The second kappa shape index (κ2) is 22.5. The Labute approximate surface area is 374 Å². The minimum absolute atomic E-state index is 0.00270. The second-order valence-corrected chi connectivity index (χ2v) is 16.6. The van der Waals surface area contributed by atoms with Gasteiger partial charge >= 0.3 is 6.18 Å². The summed E-state index contributed by atoms with van der Waals surface area (Å²) in [6.45, 7) is 3.73. The van der Waals surface area contributed by atoms with Gasteiger partial charge in [-0.15, -0.1) is 0 Å². The standard InChI is InChI=1S/C40H46F3N5O6.C7H8BrN/c1-2-29-19-27(14-15-44-29)35-13-12-31(54-35)22-47-16-17-48(33(23-47)39(52)45-25-40(41,42)43)21-30(49)20-28(18-26-8-4-3-5-9-26)38(51)46-37-32-10-6-7-11-36(32)53-24-34(37)50;1-2-7-5-6(8)3-4-9-7/h3-15,19,28,30,33-34,37,49-50H,2,16-18,20-25H2,1H3,(H,45,52)(H,46,51);3-5H,2H2,1H3/t28-,30+,33+,34-,37+;/m1./s1. The summed E-state index contributed by atoms with van der Waals surface area (Å²) in [7, 11) is 0. The van der Waals surface area contributed by atoms with Crippen molar-refractivity contribution < 1.29 is 42.1 Å². The number of aryl methyl sites for hydroxylation is 2. The third-order valence-corrected chi connectivity index (χ3v) is 11.5. The number of nitrogens with zero attached hydrogens (tertiary/aromatic N) is 4. The molecular formula is C47H54BrF3N6O6. The number of para-hydroxylation sites is 1. The average Bonchev–Trinajstić information content (AvgIpc) is 3.75. The van der Waals surface area contributed by atoms with Crippen LogP contribution in [-0.4, -0.2) is 106 Å². The largest absolute Gasteiger partial charge is 0.490 e. The molecule has 336 valence electrons. The number of pyridine rings is 2. The maximum Gasteiger partial charge on any atom is 0.405 e. The van der Waals surface area contributed by atoms with E-state index in [-0.39, 0.29) is 38.6 Å². The lowest BCUT2D eigenvalue weighted by atomic mass is 9.90. The molecule has 0 unspecified atom stereocenters. The van der Waals surface area contributed by atoms with E-state index in [1.165, 1.54) is 0 Å². The van der Waals surface area contributed by atoms with Crippen LogP contribution in [-0.2, 0) is 35.4 Å². The summed E-state index contributed by atoms with van der Waals surface area (Å²) >= 11 is 3.36. The molecule has 2 aliphatic rings. The van der Waals surface area contributed by atoms with Gasteiger partial charge in [-0.2, -0.15) is 13.2 Å². The number of piperazine rings is 1. The number of carbonyl (C=O) groups excluding carboxylic acids is 2. The van der Waals surface area contributed by atoms with Gasteiger partial charge in [-0.3, -0.25) is 29.4 Å². The van der Waals surface area contributed by atoms with Crippen molar-refractivity contribution in [1.82, 2.24) is 30.4 Å². The Hall–Kier alpha value is -5.13. The number of hydrogen-bond donors (Lipinski definition) is 4. The quantitative estimate of drug-likeness (QED) is 0.0893. The molecule has 16 heteroatoms. The lowest BCUT2D eigenvalue weighted by Crippen LogP contribution is -2.60. The first kappa shape index (κ1) is 47.4. The Morgan fingerprint density at radius 1 is 0.937 bits per heavy atom. The molecule has 1 saturated heterocycles. The zero-order valence-corrected chi connectivity index (χ0v) is 36.9. The number of rotatable bonds is 15. The molecule has 2 amide bonds. The van der Waals surface area contributed by atoms with E-state index in [2.05, 4.69) is 38.1 Å². The summed E-state index contributed by atoms with van der Waals surface area (Å²) in [6, 6.07) is 26.2. The van der Waals surface area contributed by atoms with Crippen molar-refractivity contribution in [2.75, 3.05) is 39.3 Å². The van der Waals surface area contributed by atoms with Crippen LogP contribution in [0.5, 0.6) is 5.75 Å². The molecular weight excluding hydrogens is 881 g/mol. The molecule has 0 bridgehead atoms. The summed E-state index contributed by atoms with van der Waals surface area (Å²) in [6.07, 6.45) is -1.10. The number of β-amino-alcohol motifs (C(OH)–C–C–N with tert-alkyl or cyclic N) is 1. The minimum atomic E-state index is -4.60. The van der Waals surface area contributed by atoms with E-state index >= 15 is 0 Å². The van der Waals surface area contributed by atoms with Crippen LogP contribution in [0.4, 0.5) is 13.2 Å². The molecule has 3 aromatic heterocycles. The van der Waals surface area contributed by atoms with Gasteiger partial charge in [0.1, 0.15) is 42.6 Å². The number of alkyl halides is 3. The number of aliphatic hydroxyl groups excluding tert-OH is 2. The summed E-state index contributed by atoms with van der Waals surface area (Å²) in [5.41, 5.74) is 4.44. The molecule has 2 aliphatic heterocycles. The maximum absolute atomic E-state index is 13.9. The van der Waals surface area contributed by atoms with Gasteiger partial charge < -0.3 is 30.0 Å². The Morgan fingerprint density at radius 2 is 1.65 bits per heavy atom. The van der Waals surface area contributed by atoms with E-state index in [4.69, 9.17) is 9.15 Å². The fourth-order valence-corrected chi connectivity index (χ4v) is 8.13. The molecule has 12 nitrogen and oxygen atoms in total. The molecule has 2 aromatic carbocycles. The number of fused-ring (bicyclic) bond motifs is 1. The molecule has 5 aromatic rings. The number of aliphatic hydroxyl groups is 2. The van der Waals surface area contributed by atoms with Crippen molar-refractivity contribution in [3.63, 3.8) is 0 Å². The Morgan fingerprint density at radius 3 is 2.37 bits per heavy atom. The van der Waals surface area contributed by atoms with Crippen LogP contribution >= 0.6 is 15.9 Å². The Bertz CT molecular complexity index is 2250. The van der Waals surface area contributed by atoms with Crippen LogP contribution in [0.15, 0.2) is 112 Å². The number of nitrogens with one attached hydrogen (secondary N) is 2. The predicted octanol–water partition coefficient (Wildman–Crippen LogP) is 6.70. The lowest BCUT2D eigenvalue weighted by Gasteiger charge is -2.41. The predicted molar refractivity (Wildman–Crippen MR) is 235 cm³/mol. The molecule has 0 saturated carbocycles. The number of carbonyl (C=O) groups is 2. The van der Waals surface area contributed by atoms with Crippen molar-refractivity contribution in [3.8, 4) is 17.1 Å². The number of benzene rings is 2. The van der Waals surface area contributed by atoms with Gasteiger partial charge in [-0.05, 0) is 73.7 Å². The van der Waals surface area contributed by atoms with E-state index in [0.29, 0.717) is 42.3 Å². The topological polar surface area (TPSA) is 153 Å². The number of furan rings is 1. The molecule has 0 aliphatic carbocycles. The van der Waals surface area contributed by atoms with E-state index in [1.807, 2.05) is 90.1 Å².